The quantitative estimate of drug-likeness (QED) is 0.636. The van der Waals surface area contributed by atoms with Crippen LogP contribution in [0.4, 0.5) is 0 Å². The number of benzene rings is 2. The van der Waals surface area contributed by atoms with Crippen LogP contribution in [0.1, 0.15) is 5.56 Å². The molecule has 0 spiro atoms. The van der Waals surface area contributed by atoms with Gasteiger partial charge in [0.15, 0.2) is 5.78 Å². The Labute approximate surface area is 131 Å². The van der Waals surface area contributed by atoms with Gasteiger partial charge in [0.2, 0.25) is 0 Å². The van der Waals surface area contributed by atoms with Crippen molar-refractivity contribution >= 4 is 16.8 Å². The van der Waals surface area contributed by atoms with E-state index in [0.29, 0.717) is 22.3 Å². The Morgan fingerprint density at radius 1 is 1.13 bits per heavy atom. The van der Waals surface area contributed by atoms with Crippen molar-refractivity contribution in [2.24, 2.45) is 0 Å². The second kappa shape index (κ2) is 6.15. The number of phenols is 1. The number of phenolic OH excluding ortho intramolecular Hbond substituents is 1. The van der Waals surface area contributed by atoms with Gasteiger partial charge < -0.3 is 15.3 Å². The average Bonchev–Trinajstić information content (AvgIpc) is 2.99. The van der Waals surface area contributed by atoms with E-state index >= 15 is 0 Å². The second-order valence-electron chi connectivity index (χ2n) is 5.15. The summed E-state index contributed by atoms with van der Waals surface area (Å²) >= 11 is 0. The van der Waals surface area contributed by atoms with Crippen LogP contribution in [0.3, 0.4) is 0 Å². The fraction of sp³-hybridized carbons (Fsp3) is 0.188. The number of rotatable bonds is 5. The van der Waals surface area contributed by atoms with Gasteiger partial charge in [-0.05, 0) is 29.8 Å². The van der Waals surface area contributed by atoms with Crippen LogP contribution in [0.25, 0.3) is 16.7 Å². The van der Waals surface area contributed by atoms with Crippen LogP contribution in [0, 0.1) is 0 Å². The Balaban J connectivity index is 1.95. The summed E-state index contributed by atoms with van der Waals surface area (Å²) in [6.45, 7) is -0.710. The van der Waals surface area contributed by atoms with E-state index in [2.05, 4.69) is 10.2 Å². The molecule has 1 heterocycles. The summed E-state index contributed by atoms with van der Waals surface area (Å²) in [6.07, 6.45) is -1.25. The second-order valence-corrected chi connectivity index (χ2v) is 5.15. The largest absolute Gasteiger partial charge is 0.506 e. The summed E-state index contributed by atoms with van der Waals surface area (Å²) in [5.41, 5.74) is 2.34. The minimum atomic E-state index is -1.29. The maximum atomic E-state index is 11.3. The van der Waals surface area contributed by atoms with Gasteiger partial charge in [-0.15, -0.1) is 15.0 Å². The summed E-state index contributed by atoms with van der Waals surface area (Å²) in [6, 6.07) is 11.9. The zero-order valence-electron chi connectivity index (χ0n) is 12.1. The van der Waals surface area contributed by atoms with E-state index in [1.165, 1.54) is 10.9 Å². The van der Waals surface area contributed by atoms with Gasteiger partial charge in [-0.25, -0.2) is 0 Å². The molecule has 0 aliphatic rings. The van der Waals surface area contributed by atoms with Gasteiger partial charge >= 0.3 is 0 Å². The number of aromatic nitrogens is 3. The highest BCUT2D eigenvalue weighted by molar-refractivity contribution is 5.84. The molecule has 3 rings (SSSR count). The number of fused-ring (bicyclic) bond motifs is 1. The van der Waals surface area contributed by atoms with Crippen LogP contribution in [0.5, 0.6) is 5.75 Å². The van der Waals surface area contributed by atoms with Crippen molar-refractivity contribution in [3.8, 4) is 11.4 Å². The van der Waals surface area contributed by atoms with Gasteiger partial charge in [-0.3, -0.25) is 4.79 Å². The molecule has 1 atom stereocenters. The monoisotopic (exact) mass is 313 g/mol. The van der Waals surface area contributed by atoms with E-state index in [0.717, 1.165) is 0 Å². The molecule has 7 heteroatoms. The number of aliphatic hydroxyl groups is 2. The molecule has 23 heavy (non-hydrogen) atoms. The first-order chi connectivity index (χ1) is 11.1. The molecular weight excluding hydrogens is 298 g/mol. The topological polar surface area (TPSA) is 108 Å². The highest BCUT2D eigenvalue weighted by atomic mass is 16.3. The molecule has 0 saturated carbocycles. The number of hydrogen-bond acceptors (Lipinski definition) is 6. The Morgan fingerprint density at radius 3 is 2.39 bits per heavy atom. The van der Waals surface area contributed by atoms with Crippen LogP contribution in [0.2, 0.25) is 0 Å². The number of aromatic hydroxyl groups is 1. The highest BCUT2D eigenvalue weighted by Crippen LogP contribution is 2.23. The predicted molar refractivity (Wildman–Crippen MR) is 82.3 cm³/mol. The predicted octanol–water partition coefficient (Wildman–Crippen LogP) is 0.591. The molecule has 118 valence electrons. The summed E-state index contributed by atoms with van der Waals surface area (Å²) in [5.74, 6) is -0.667. The lowest BCUT2D eigenvalue weighted by Gasteiger charge is -2.10. The molecular formula is C16H15N3O4. The van der Waals surface area contributed by atoms with E-state index in [-0.39, 0.29) is 12.2 Å². The SMILES string of the molecule is O=C(CO)C(O)Cc1ccc(O)c(-n2nc3ccccc3n2)c1. The standard InChI is InChI=1S/C16H15N3O4/c20-9-16(23)15(22)8-10-5-6-14(21)13(7-10)19-17-11-3-1-2-4-12(11)18-19/h1-7,15,20-22H,8-9H2. The third kappa shape index (κ3) is 3.05. The molecule has 0 radical (unpaired) electrons. The highest BCUT2D eigenvalue weighted by Gasteiger charge is 2.16. The molecule has 0 saturated heterocycles. The molecule has 7 nitrogen and oxygen atoms in total. The maximum Gasteiger partial charge on any atom is 0.186 e. The zero-order chi connectivity index (χ0) is 16.4. The minimum Gasteiger partial charge on any atom is -0.506 e. The van der Waals surface area contributed by atoms with Crippen molar-refractivity contribution in [2.45, 2.75) is 12.5 Å². The van der Waals surface area contributed by atoms with Crippen LogP contribution >= 0.6 is 0 Å². The molecule has 3 aromatic rings. The first kappa shape index (κ1) is 15.1. The first-order valence-corrected chi connectivity index (χ1v) is 7.04. The van der Waals surface area contributed by atoms with Crippen LogP contribution in [-0.4, -0.2) is 48.8 Å². The maximum absolute atomic E-state index is 11.3. The van der Waals surface area contributed by atoms with E-state index in [1.807, 2.05) is 24.3 Å². The van der Waals surface area contributed by atoms with E-state index in [1.54, 1.807) is 12.1 Å². The van der Waals surface area contributed by atoms with Gasteiger partial charge in [-0.1, -0.05) is 18.2 Å². The first-order valence-electron chi connectivity index (χ1n) is 7.04. The zero-order valence-corrected chi connectivity index (χ0v) is 12.1. The van der Waals surface area contributed by atoms with Crippen molar-refractivity contribution in [2.75, 3.05) is 6.61 Å². The lowest BCUT2D eigenvalue weighted by Crippen LogP contribution is -2.25. The van der Waals surface area contributed by atoms with Gasteiger partial charge in [0.25, 0.3) is 0 Å². The van der Waals surface area contributed by atoms with Crippen LogP contribution in [0.15, 0.2) is 42.5 Å². The summed E-state index contributed by atoms with van der Waals surface area (Å²) in [7, 11) is 0. The molecule has 0 bridgehead atoms. The molecule has 1 aromatic heterocycles. The molecule has 0 aliphatic heterocycles. The number of Topliss-reactive ketones (excluding diaryl/α,β-unsaturated/α-hetero) is 1. The summed E-state index contributed by atoms with van der Waals surface area (Å²) in [5, 5.41) is 37.1. The van der Waals surface area contributed by atoms with Crippen molar-refractivity contribution in [1.82, 2.24) is 15.0 Å². The molecule has 0 aliphatic carbocycles. The van der Waals surface area contributed by atoms with Crippen LogP contribution < -0.4 is 0 Å². The Kier molecular flexibility index (Phi) is 4.05. The Bertz CT molecular complexity index is 826. The molecule has 2 aromatic carbocycles. The number of hydrogen-bond donors (Lipinski definition) is 3. The number of carbonyl (C=O) groups excluding carboxylic acids is 1. The van der Waals surface area contributed by atoms with Crippen molar-refractivity contribution in [3.63, 3.8) is 0 Å². The smallest absolute Gasteiger partial charge is 0.186 e. The van der Waals surface area contributed by atoms with Crippen LogP contribution in [-0.2, 0) is 11.2 Å². The lowest BCUT2D eigenvalue weighted by atomic mass is 10.0. The Hall–Kier alpha value is -2.77. The number of carbonyl (C=O) groups is 1. The summed E-state index contributed by atoms with van der Waals surface area (Å²) in [4.78, 5) is 12.6. The number of aliphatic hydroxyl groups excluding tert-OH is 2. The third-order valence-corrected chi connectivity index (χ3v) is 3.50. The summed E-state index contributed by atoms with van der Waals surface area (Å²) < 4.78 is 0. The normalized spacial score (nSPS) is 12.4. The van der Waals surface area contributed by atoms with E-state index in [9.17, 15) is 15.0 Å². The minimum absolute atomic E-state index is 0.0166. The number of ketones is 1. The molecule has 1 unspecified atom stereocenters. The van der Waals surface area contributed by atoms with Crippen molar-refractivity contribution in [3.05, 3.63) is 48.0 Å². The number of nitrogens with zero attached hydrogens (tertiary/aromatic N) is 3. The fourth-order valence-corrected chi connectivity index (χ4v) is 2.27. The van der Waals surface area contributed by atoms with Crippen molar-refractivity contribution in [1.29, 1.82) is 0 Å². The fourth-order valence-electron chi connectivity index (χ4n) is 2.27. The third-order valence-electron chi connectivity index (χ3n) is 3.50. The van der Waals surface area contributed by atoms with E-state index in [4.69, 9.17) is 5.11 Å². The molecule has 0 fully saturated rings. The average molecular weight is 313 g/mol. The van der Waals surface area contributed by atoms with Gasteiger partial charge in [0.1, 0.15) is 35.2 Å². The lowest BCUT2D eigenvalue weighted by molar-refractivity contribution is -0.129. The van der Waals surface area contributed by atoms with Gasteiger partial charge in [0, 0.05) is 6.42 Å². The molecule has 3 N–H and O–H groups in total. The van der Waals surface area contributed by atoms with Gasteiger partial charge in [-0.2, -0.15) is 0 Å². The van der Waals surface area contributed by atoms with Gasteiger partial charge in [0.05, 0.1) is 0 Å². The van der Waals surface area contributed by atoms with Crippen molar-refractivity contribution < 1.29 is 20.1 Å². The molecule has 0 amide bonds. The van der Waals surface area contributed by atoms with E-state index < -0.39 is 18.5 Å². The Morgan fingerprint density at radius 2 is 1.78 bits per heavy atom.